The van der Waals surface area contributed by atoms with Crippen LogP contribution in [-0.2, 0) is 6.54 Å². The van der Waals surface area contributed by atoms with Crippen molar-refractivity contribution < 1.29 is 10.0 Å². The SMILES string of the molecule is CN(C)C=Cc1ncc([N+](=O)[O-])n1CCO. The molecule has 1 aromatic rings. The summed E-state index contributed by atoms with van der Waals surface area (Å²) in [6.45, 7) is -0.0105. The highest BCUT2D eigenvalue weighted by atomic mass is 16.6. The second kappa shape index (κ2) is 5.26. The average Bonchev–Trinajstić information content (AvgIpc) is 2.59. The first kappa shape index (κ1) is 12.2. The molecule has 0 radical (unpaired) electrons. The summed E-state index contributed by atoms with van der Waals surface area (Å²) in [4.78, 5) is 15.9. The van der Waals surface area contributed by atoms with Crippen LogP contribution in [0.15, 0.2) is 12.4 Å². The predicted octanol–water partition coefficient (Wildman–Crippen LogP) is 0.316. The van der Waals surface area contributed by atoms with E-state index in [4.69, 9.17) is 5.11 Å². The molecular formula is C9H14N4O3. The van der Waals surface area contributed by atoms with Crippen LogP contribution in [0.2, 0.25) is 0 Å². The fourth-order valence-electron chi connectivity index (χ4n) is 1.20. The lowest BCUT2D eigenvalue weighted by atomic mass is 10.5. The van der Waals surface area contributed by atoms with E-state index in [9.17, 15) is 10.1 Å². The number of rotatable bonds is 5. The Labute approximate surface area is 92.8 Å². The molecule has 0 bridgehead atoms. The maximum absolute atomic E-state index is 10.7. The van der Waals surface area contributed by atoms with Crippen molar-refractivity contribution in [2.75, 3.05) is 20.7 Å². The van der Waals surface area contributed by atoms with Crippen LogP contribution in [0.5, 0.6) is 0 Å². The zero-order valence-electron chi connectivity index (χ0n) is 9.20. The molecule has 0 atom stereocenters. The fourth-order valence-corrected chi connectivity index (χ4v) is 1.20. The highest BCUT2D eigenvalue weighted by molar-refractivity contribution is 5.43. The summed E-state index contributed by atoms with van der Waals surface area (Å²) < 4.78 is 1.36. The molecule has 0 saturated carbocycles. The molecule has 1 rings (SSSR count). The first-order valence-electron chi connectivity index (χ1n) is 4.71. The summed E-state index contributed by atoms with van der Waals surface area (Å²) in [5.74, 6) is 0.335. The molecule has 0 aliphatic carbocycles. The van der Waals surface area contributed by atoms with Crippen molar-refractivity contribution in [3.8, 4) is 0 Å². The molecule has 0 saturated heterocycles. The molecule has 1 N–H and O–H groups in total. The van der Waals surface area contributed by atoms with Crippen molar-refractivity contribution in [2.24, 2.45) is 0 Å². The summed E-state index contributed by atoms with van der Waals surface area (Å²) >= 11 is 0. The van der Waals surface area contributed by atoms with Crippen molar-refractivity contribution in [3.05, 3.63) is 28.3 Å². The van der Waals surface area contributed by atoms with Crippen molar-refractivity contribution >= 4 is 11.9 Å². The van der Waals surface area contributed by atoms with Crippen LogP contribution in [0.3, 0.4) is 0 Å². The minimum absolute atomic E-state index is 0.118. The highest BCUT2D eigenvalue weighted by Crippen LogP contribution is 2.14. The van der Waals surface area contributed by atoms with Crippen LogP contribution in [0.4, 0.5) is 5.82 Å². The number of aliphatic hydroxyl groups is 1. The van der Waals surface area contributed by atoms with Gasteiger partial charge in [0.25, 0.3) is 0 Å². The lowest BCUT2D eigenvalue weighted by Gasteiger charge is -2.03. The fraction of sp³-hybridized carbons (Fsp3) is 0.444. The molecule has 0 unspecified atom stereocenters. The molecule has 0 aliphatic heterocycles. The van der Waals surface area contributed by atoms with Crippen LogP contribution in [0.1, 0.15) is 5.82 Å². The highest BCUT2D eigenvalue weighted by Gasteiger charge is 2.17. The van der Waals surface area contributed by atoms with Gasteiger partial charge < -0.3 is 20.1 Å². The molecule has 1 heterocycles. The average molecular weight is 226 g/mol. The van der Waals surface area contributed by atoms with Gasteiger partial charge in [0.15, 0.2) is 0 Å². The van der Waals surface area contributed by atoms with Gasteiger partial charge in [0.2, 0.25) is 5.82 Å². The number of aromatic nitrogens is 2. The van der Waals surface area contributed by atoms with Gasteiger partial charge in [-0.1, -0.05) is 0 Å². The Bertz CT molecular complexity index is 397. The Balaban J connectivity index is 3.04. The third kappa shape index (κ3) is 2.80. The lowest BCUT2D eigenvalue weighted by molar-refractivity contribution is -0.392. The molecule has 0 aliphatic rings. The van der Waals surface area contributed by atoms with Gasteiger partial charge in [0.1, 0.15) is 12.7 Å². The van der Waals surface area contributed by atoms with Crippen molar-refractivity contribution in [1.29, 1.82) is 0 Å². The van der Waals surface area contributed by atoms with E-state index in [2.05, 4.69) is 4.98 Å². The number of nitrogens with zero attached hydrogens (tertiary/aromatic N) is 4. The van der Waals surface area contributed by atoms with E-state index < -0.39 is 4.92 Å². The van der Waals surface area contributed by atoms with Crippen molar-refractivity contribution in [3.63, 3.8) is 0 Å². The summed E-state index contributed by atoms with van der Waals surface area (Å²) in [5, 5.41) is 19.5. The molecule has 7 nitrogen and oxygen atoms in total. The second-order valence-electron chi connectivity index (χ2n) is 3.39. The first-order chi connectivity index (χ1) is 7.56. The molecule has 0 fully saturated rings. The van der Waals surface area contributed by atoms with E-state index >= 15 is 0 Å². The van der Waals surface area contributed by atoms with Gasteiger partial charge in [-0.15, -0.1) is 0 Å². The molecule has 0 spiro atoms. The summed E-state index contributed by atoms with van der Waals surface area (Å²) in [5.41, 5.74) is 0. The van der Waals surface area contributed by atoms with E-state index in [0.717, 1.165) is 0 Å². The van der Waals surface area contributed by atoms with Gasteiger partial charge in [-0.2, -0.15) is 0 Å². The maximum atomic E-state index is 10.7. The normalized spacial score (nSPS) is 10.9. The zero-order valence-corrected chi connectivity index (χ0v) is 9.20. The van der Waals surface area contributed by atoms with Crippen LogP contribution >= 0.6 is 0 Å². The number of nitro groups is 1. The molecular weight excluding hydrogens is 212 g/mol. The molecule has 7 heteroatoms. The van der Waals surface area contributed by atoms with Gasteiger partial charge in [-0.25, -0.2) is 9.55 Å². The third-order valence-corrected chi connectivity index (χ3v) is 1.90. The Morgan fingerprint density at radius 1 is 1.69 bits per heavy atom. The van der Waals surface area contributed by atoms with Gasteiger partial charge in [0, 0.05) is 26.4 Å². The summed E-state index contributed by atoms with van der Waals surface area (Å²) in [7, 11) is 3.68. The zero-order chi connectivity index (χ0) is 12.1. The van der Waals surface area contributed by atoms with E-state index in [1.54, 1.807) is 17.2 Å². The van der Waals surface area contributed by atoms with E-state index in [1.807, 2.05) is 14.1 Å². The molecule has 0 amide bonds. The Hall–Kier alpha value is -1.89. The minimum atomic E-state index is -0.518. The second-order valence-corrected chi connectivity index (χ2v) is 3.39. The maximum Gasteiger partial charge on any atom is 0.343 e. The third-order valence-electron chi connectivity index (χ3n) is 1.90. The van der Waals surface area contributed by atoms with Gasteiger partial charge in [-0.3, -0.25) is 0 Å². The lowest BCUT2D eigenvalue weighted by Crippen LogP contribution is -2.08. The largest absolute Gasteiger partial charge is 0.392 e. The van der Waals surface area contributed by atoms with Gasteiger partial charge in [0.05, 0.1) is 6.61 Å². The van der Waals surface area contributed by atoms with Gasteiger partial charge in [-0.05, 0) is 4.92 Å². The van der Waals surface area contributed by atoms with Crippen LogP contribution in [-0.4, -0.2) is 45.2 Å². The monoisotopic (exact) mass is 226 g/mol. The topological polar surface area (TPSA) is 84.4 Å². The Morgan fingerprint density at radius 3 is 2.88 bits per heavy atom. The van der Waals surface area contributed by atoms with Crippen molar-refractivity contribution in [1.82, 2.24) is 14.5 Å². The summed E-state index contributed by atoms with van der Waals surface area (Å²) in [6.07, 6.45) is 4.58. The summed E-state index contributed by atoms with van der Waals surface area (Å²) in [6, 6.07) is 0. The van der Waals surface area contributed by atoms with Crippen LogP contribution in [0.25, 0.3) is 6.08 Å². The number of imidazole rings is 1. The van der Waals surface area contributed by atoms with E-state index in [1.165, 1.54) is 10.8 Å². The Kier molecular flexibility index (Phi) is 4.01. The quantitative estimate of drug-likeness (QED) is 0.577. The first-order valence-corrected chi connectivity index (χ1v) is 4.71. The number of aliphatic hydroxyl groups excluding tert-OH is 1. The van der Waals surface area contributed by atoms with Gasteiger partial charge >= 0.3 is 5.82 Å². The van der Waals surface area contributed by atoms with E-state index in [0.29, 0.717) is 5.82 Å². The van der Waals surface area contributed by atoms with Crippen LogP contribution < -0.4 is 0 Å². The van der Waals surface area contributed by atoms with E-state index in [-0.39, 0.29) is 19.0 Å². The van der Waals surface area contributed by atoms with Crippen LogP contribution in [0, 0.1) is 10.1 Å². The molecule has 1 aromatic heterocycles. The molecule has 88 valence electrons. The number of hydrogen-bond acceptors (Lipinski definition) is 5. The molecule has 0 aromatic carbocycles. The smallest absolute Gasteiger partial charge is 0.343 e. The standard InChI is InChI=1S/C9H14N4O3/c1-11(2)4-3-8-10-7-9(13(15)16)12(8)5-6-14/h3-4,7,14H,5-6H2,1-2H3. The minimum Gasteiger partial charge on any atom is -0.392 e. The number of hydrogen-bond donors (Lipinski definition) is 1. The Morgan fingerprint density at radius 2 is 2.38 bits per heavy atom. The predicted molar refractivity (Wildman–Crippen MR) is 58.7 cm³/mol. The molecule has 16 heavy (non-hydrogen) atoms. The van der Waals surface area contributed by atoms with Crippen molar-refractivity contribution in [2.45, 2.75) is 6.54 Å².